The number of nitrogens with one attached hydrogen (secondary N) is 1. The van der Waals surface area contributed by atoms with E-state index in [0.717, 1.165) is 19.6 Å². The molecular formula is C20H28N4O2. The van der Waals surface area contributed by atoms with E-state index in [-0.39, 0.29) is 5.91 Å². The average Bonchev–Trinajstić information content (AvgIpc) is 3.32. The maximum atomic E-state index is 12.3. The van der Waals surface area contributed by atoms with Crippen molar-refractivity contribution in [1.29, 1.82) is 0 Å². The largest absolute Gasteiger partial charge is 0.359 e. The molecule has 6 nitrogen and oxygen atoms in total. The number of carbonyl (C=O) groups is 1. The fourth-order valence-electron chi connectivity index (χ4n) is 3.35. The molecule has 140 valence electrons. The summed E-state index contributed by atoms with van der Waals surface area (Å²) < 4.78 is 5.34. The molecule has 1 fully saturated rings. The number of carbonyl (C=O) groups excluding carboxylic acids is 1. The molecule has 2 heterocycles. The van der Waals surface area contributed by atoms with Gasteiger partial charge < -0.3 is 9.84 Å². The van der Waals surface area contributed by atoms with Gasteiger partial charge in [0.15, 0.2) is 11.5 Å². The van der Waals surface area contributed by atoms with Gasteiger partial charge in [-0.05, 0) is 45.5 Å². The molecule has 0 unspecified atom stereocenters. The molecule has 1 aromatic heterocycles. The van der Waals surface area contributed by atoms with Crippen LogP contribution in [0.5, 0.6) is 0 Å². The van der Waals surface area contributed by atoms with Crippen LogP contribution in [0, 0.1) is 0 Å². The molecule has 0 saturated carbocycles. The lowest BCUT2D eigenvalue weighted by atomic mass is 10.2. The van der Waals surface area contributed by atoms with Crippen molar-refractivity contribution in [2.75, 3.05) is 26.7 Å². The van der Waals surface area contributed by atoms with Crippen LogP contribution in [-0.2, 0) is 13.1 Å². The van der Waals surface area contributed by atoms with Gasteiger partial charge in [0.1, 0.15) is 0 Å². The number of aromatic nitrogens is 1. The molecule has 0 bridgehead atoms. The van der Waals surface area contributed by atoms with Gasteiger partial charge in [0.25, 0.3) is 5.91 Å². The normalized spacial score (nSPS) is 16.1. The Labute approximate surface area is 155 Å². The zero-order chi connectivity index (χ0) is 18.4. The highest BCUT2D eigenvalue weighted by molar-refractivity contribution is 5.92. The van der Waals surface area contributed by atoms with E-state index in [1.807, 2.05) is 25.2 Å². The summed E-state index contributed by atoms with van der Waals surface area (Å²) in [4.78, 5) is 16.8. The molecule has 0 aliphatic carbocycles. The van der Waals surface area contributed by atoms with E-state index in [1.54, 1.807) is 6.07 Å². The van der Waals surface area contributed by atoms with Crippen LogP contribution >= 0.6 is 0 Å². The van der Waals surface area contributed by atoms with Crippen molar-refractivity contribution in [3.8, 4) is 0 Å². The van der Waals surface area contributed by atoms with Crippen molar-refractivity contribution in [2.45, 2.75) is 38.9 Å². The predicted molar refractivity (Wildman–Crippen MR) is 101 cm³/mol. The van der Waals surface area contributed by atoms with Crippen molar-refractivity contribution >= 4 is 5.91 Å². The lowest BCUT2D eigenvalue weighted by Gasteiger charge is -2.23. The third kappa shape index (κ3) is 5.16. The molecule has 1 atom stereocenters. The van der Waals surface area contributed by atoms with Crippen LogP contribution in [0.1, 0.15) is 41.6 Å². The van der Waals surface area contributed by atoms with Crippen LogP contribution in [0.4, 0.5) is 0 Å². The van der Waals surface area contributed by atoms with E-state index >= 15 is 0 Å². The maximum Gasteiger partial charge on any atom is 0.273 e. The lowest BCUT2D eigenvalue weighted by Crippen LogP contribution is -2.40. The Morgan fingerprint density at radius 3 is 2.73 bits per heavy atom. The summed E-state index contributed by atoms with van der Waals surface area (Å²) >= 11 is 0. The zero-order valence-corrected chi connectivity index (χ0v) is 15.6. The zero-order valence-electron chi connectivity index (χ0n) is 15.6. The Hall–Kier alpha value is -2.18. The van der Waals surface area contributed by atoms with Gasteiger partial charge in [-0.3, -0.25) is 14.6 Å². The van der Waals surface area contributed by atoms with Gasteiger partial charge in [-0.25, -0.2) is 0 Å². The van der Waals surface area contributed by atoms with Crippen LogP contribution in [0.25, 0.3) is 0 Å². The highest BCUT2D eigenvalue weighted by Gasteiger charge is 2.20. The maximum absolute atomic E-state index is 12.3. The van der Waals surface area contributed by atoms with Crippen LogP contribution < -0.4 is 5.32 Å². The van der Waals surface area contributed by atoms with E-state index < -0.39 is 0 Å². The Kier molecular flexibility index (Phi) is 6.41. The van der Waals surface area contributed by atoms with E-state index in [1.165, 1.54) is 18.4 Å². The quantitative estimate of drug-likeness (QED) is 0.787. The number of hydrogen-bond donors (Lipinski definition) is 1. The van der Waals surface area contributed by atoms with Crippen LogP contribution in [0.15, 0.2) is 40.9 Å². The Bertz CT molecular complexity index is 695. The molecule has 2 aromatic rings. The topological polar surface area (TPSA) is 61.6 Å². The first-order chi connectivity index (χ1) is 12.6. The smallest absolute Gasteiger partial charge is 0.273 e. The average molecular weight is 356 g/mol. The molecule has 1 amide bonds. The van der Waals surface area contributed by atoms with Gasteiger partial charge in [0.2, 0.25) is 0 Å². The second-order valence-electron chi connectivity index (χ2n) is 7.14. The minimum atomic E-state index is -0.170. The standard InChI is InChI=1S/C20H28N4O2/c1-16(24-10-6-7-11-24)13-21-20(25)19-12-18(26-22-19)15-23(2)14-17-8-4-3-5-9-17/h3-5,8-9,12,16H,6-7,10-11,13-15H2,1-2H3,(H,21,25)/t16-/m1/s1. The van der Waals surface area contributed by atoms with E-state index in [4.69, 9.17) is 4.52 Å². The van der Waals surface area contributed by atoms with Gasteiger partial charge in [-0.1, -0.05) is 35.5 Å². The Morgan fingerprint density at radius 2 is 2.00 bits per heavy atom. The molecule has 1 N–H and O–H groups in total. The van der Waals surface area contributed by atoms with E-state index in [9.17, 15) is 4.79 Å². The number of likely N-dealkylation sites (tertiary alicyclic amines) is 1. The van der Waals surface area contributed by atoms with Gasteiger partial charge in [-0.15, -0.1) is 0 Å². The first-order valence-electron chi connectivity index (χ1n) is 9.32. The Morgan fingerprint density at radius 1 is 1.27 bits per heavy atom. The van der Waals surface area contributed by atoms with Gasteiger partial charge >= 0.3 is 0 Å². The van der Waals surface area contributed by atoms with Crippen molar-refractivity contribution in [3.63, 3.8) is 0 Å². The molecule has 1 aliphatic rings. The first kappa shape index (κ1) is 18.6. The van der Waals surface area contributed by atoms with Gasteiger partial charge in [0.05, 0.1) is 6.54 Å². The molecule has 1 saturated heterocycles. The van der Waals surface area contributed by atoms with Crippen molar-refractivity contribution in [2.24, 2.45) is 0 Å². The third-order valence-corrected chi connectivity index (χ3v) is 4.83. The highest BCUT2D eigenvalue weighted by Crippen LogP contribution is 2.12. The summed E-state index contributed by atoms with van der Waals surface area (Å²) in [7, 11) is 2.02. The summed E-state index contributed by atoms with van der Waals surface area (Å²) in [6, 6.07) is 12.3. The molecule has 6 heteroatoms. The molecule has 0 radical (unpaired) electrons. The number of benzene rings is 1. The molecule has 1 aromatic carbocycles. The van der Waals surface area contributed by atoms with Gasteiger partial charge in [0, 0.05) is 25.2 Å². The Balaban J connectivity index is 1.46. The number of hydrogen-bond acceptors (Lipinski definition) is 5. The SMILES string of the molecule is C[C@H](CNC(=O)c1cc(CN(C)Cc2ccccc2)on1)N1CCCC1. The minimum Gasteiger partial charge on any atom is -0.359 e. The summed E-state index contributed by atoms with van der Waals surface area (Å²) in [5.41, 5.74) is 1.59. The van der Waals surface area contributed by atoms with E-state index in [0.29, 0.717) is 30.6 Å². The summed E-state index contributed by atoms with van der Waals surface area (Å²) in [5.74, 6) is 0.526. The monoisotopic (exact) mass is 356 g/mol. The van der Waals surface area contributed by atoms with Crippen LogP contribution in [0.3, 0.4) is 0 Å². The molecule has 26 heavy (non-hydrogen) atoms. The molecule has 3 rings (SSSR count). The van der Waals surface area contributed by atoms with Crippen molar-refractivity contribution in [1.82, 2.24) is 20.3 Å². The van der Waals surface area contributed by atoms with Crippen molar-refractivity contribution < 1.29 is 9.32 Å². The van der Waals surface area contributed by atoms with Crippen molar-refractivity contribution in [3.05, 3.63) is 53.4 Å². The fraction of sp³-hybridized carbons (Fsp3) is 0.500. The molecule has 1 aliphatic heterocycles. The third-order valence-electron chi connectivity index (χ3n) is 4.83. The second kappa shape index (κ2) is 8.96. The molecular weight excluding hydrogens is 328 g/mol. The van der Waals surface area contributed by atoms with Crippen LogP contribution in [-0.4, -0.2) is 53.6 Å². The van der Waals surface area contributed by atoms with Crippen LogP contribution in [0.2, 0.25) is 0 Å². The molecule has 0 spiro atoms. The van der Waals surface area contributed by atoms with E-state index in [2.05, 4.69) is 39.3 Å². The number of nitrogens with zero attached hydrogens (tertiary/aromatic N) is 3. The van der Waals surface area contributed by atoms with Gasteiger partial charge in [-0.2, -0.15) is 0 Å². The fourth-order valence-corrected chi connectivity index (χ4v) is 3.35. The number of amides is 1. The lowest BCUT2D eigenvalue weighted by molar-refractivity contribution is 0.0931. The first-order valence-corrected chi connectivity index (χ1v) is 9.32. The minimum absolute atomic E-state index is 0.170. The number of rotatable bonds is 8. The highest BCUT2D eigenvalue weighted by atomic mass is 16.5. The predicted octanol–water partition coefficient (Wildman–Crippen LogP) is 2.52. The summed E-state index contributed by atoms with van der Waals surface area (Å²) in [5, 5.41) is 6.89. The summed E-state index contributed by atoms with van der Waals surface area (Å²) in [6.07, 6.45) is 2.50. The second-order valence-corrected chi connectivity index (χ2v) is 7.14. The summed E-state index contributed by atoms with van der Waals surface area (Å²) in [6.45, 7) is 6.46.